The highest BCUT2D eigenvalue weighted by Crippen LogP contribution is 2.05. The zero-order valence-electron chi connectivity index (χ0n) is 7.50. The number of aliphatic hydroxyl groups is 2. The zero-order valence-corrected chi connectivity index (χ0v) is 8.50. The van der Waals surface area contributed by atoms with E-state index in [0.717, 1.165) is 0 Å². The third kappa shape index (κ3) is 6.49. The average Bonchev–Trinajstić information content (AvgIpc) is 1.88. The summed E-state index contributed by atoms with van der Waals surface area (Å²) in [6, 6.07) is 0. The molecule has 0 fully saturated rings. The molecule has 0 aliphatic heterocycles. The maximum absolute atomic E-state index is 8.70. The first-order valence-corrected chi connectivity index (χ1v) is 7.26. The number of hydrogen-bond acceptors (Lipinski definition) is 3. The van der Waals surface area contributed by atoms with Gasteiger partial charge in [-0.3, -0.25) is 0 Å². The Morgan fingerprint density at radius 2 is 1.64 bits per heavy atom. The Labute approximate surface area is 69.1 Å². The zero-order chi connectivity index (χ0) is 8.91. The quantitative estimate of drug-likeness (QED) is 0.601. The summed E-state index contributed by atoms with van der Waals surface area (Å²) >= 11 is 0. The highest BCUT2D eigenvalue weighted by Gasteiger charge is 2.16. The van der Waals surface area contributed by atoms with E-state index in [1.165, 1.54) is 0 Å². The van der Waals surface area contributed by atoms with Crippen molar-refractivity contribution in [3.05, 3.63) is 0 Å². The first kappa shape index (κ1) is 11.1. The van der Waals surface area contributed by atoms with E-state index < -0.39 is 8.32 Å². The maximum Gasteiger partial charge on any atom is 0.183 e. The standard InChI is InChI=1S/C7H18O3Si/c1-11(2,3)10-6-7(4-8)5-9/h7-9H,4-6H2,1-3H3. The van der Waals surface area contributed by atoms with Gasteiger partial charge in [-0.05, 0) is 19.6 Å². The molecule has 0 aliphatic rings. The minimum absolute atomic E-state index is 0.000972. The van der Waals surface area contributed by atoms with Gasteiger partial charge >= 0.3 is 0 Å². The van der Waals surface area contributed by atoms with Crippen molar-refractivity contribution in [1.29, 1.82) is 0 Å². The van der Waals surface area contributed by atoms with Crippen molar-refractivity contribution in [3.8, 4) is 0 Å². The Bertz CT molecular complexity index is 96.3. The molecule has 11 heavy (non-hydrogen) atoms. The molecule has 0 aliphatic carbocycles. The molecular formula is C7H18O3Si. The smallest absolute Gasteiger partial charge is 0.183 e. The van der Waals surface area contributed by atoms with Crippen LogP contribution in [0.4, 0.5) is 0 Å². The molecule has 3 nitrogen and oxygen atoms in total. The van der Waals surface area contributed by atoms with Crippen LogP contribution in [0, 0.1) is 5.92 Å². The van der Waals surface area contributed by atoms with Crippen molar-refractivity contribution >= 4 is 8.32 Å². The lowest BCUT2D eigenvalue weighted by Crippen LogP contribution is -2.30. The van der Waals surface area contributed by atoms with Crippen LogP contribution in [0.2, 0.25) is 19.6 Å². The normalized spacial score (nSPS) is 12.5. The number of rotatable bonds is 5. The lowest BCUT2D eigenvalue weighted by molar-refractivity contribution is 0.104. The molecule has 0 saturated carbocycles. The molecule has 2 N–H and O–H groups in total. The van der Waals surface area contributed by atoms with Gasteiger partial charge in [-0.1, -0.05) is 0 Å². The first-order chi connectivity index (χ1) is 4.99. The summed E-state index contributed by atoms with van der Waals surface area (Å²) in [5.74, 6) is -0.110. The molecule has 0 spiro atoms. The summed E-state index contributed by atoms with van der Waals surface area (Å²) in [6.07, 6.45) is 0. The topological polar surface area (TPSA) is 49.7 Å². The molecule has 0 radical (unpaired) electrons. The molecule has 0 bridgehead atoms. The van der Waals surface area contributed by atoms with E-state index in [4.69, 9.17) is 14.6 Å². The van der Waals surface area contributed by atoms with E-state index in [0.29, 0.717) is 6.61 Å². The molecule has 4 heteroatoms. The monoisotopic (exact) mass is 178 g/mol. The summed E-state index contributed by atoms with van der Waals surface area (Å²) in [5, 5.41) is 17.4. The maximum atomic E-state index is 8.70. The van der Waals surface area contributed by atoms with Gasteiger partial charge in [0.15, 0.2) is 8.32 Å². The molecule has 0 atom stereocenters. The summed E-state index contributed by atoms with van der Waals surface area (Å²) in [4.78, 5) is 0. The van der Waals surface area contributed by atoms with Crippen molar-refractivity contribution in [3.63, 3.8) is 0 Å². The second-order valence-electron chi connectivity index (χ2n) is 3.65. The van der Waals surface area contributed by atoms with Gasteiger partial charge in [0.05, 0.1) is 13.2 Å². The van der Waals surface area contributed by atoms with Gasteiger partial charge in [-0.2, -0.15) is 0 Å². The molecule has 0 amide bonds. The van der Waals surface area contributed by atoms with Gasteiger partial charge in [-0.25, -0.2) is 0 Å². The summed E-state index contributed by atoms with van der Waals surface area (Å²) in [5.41, 5.74) is 0. The fourth-order valence-electron chi connectivity index (χ4n) is 0.531. The van der Waals surface area contributed by atoms with Crippen LogP contribution in [-0.2, 0) is 4.43 Å². The minimum Gasteiger partial charge on any atom is -0.417 e. The predicted octanol–water partition coefficient (Wildman–Crippen LogP) is 0.439. The van der Waals surface area contributed by atoms with Crippen LogP contribution >= 0.6 is 0 Å². The summed E-state index contributed by atoms with van der Waals surface area (Å²) in [7, 11) is -1.47. The Balaban J connectivity index is 3.51. The van der Waals surface area contributed by atoms with E-state index in [2.05, 4.69) is 19.6 Å². The van der Waals surface area contributed by atoms with Gasteiger partial charge in [0.2, 0.25) is 0 Å². The van der Waals surface area contributed by atoms with Gasteiger partial charge in [0.25, 0.3) is 0 Å². The van der Waals surface area contributed by atoms with Gasteiger partial charge in [-0.15, -0.1) is 0 Å². The third-order valence-electron chi connectivity index (χ3n) is 1.27. The average molecular weight is 178 g/mol. The lowest BCUT2D eigenvalue weighted by atomic mass is 10.2. The van der Waals surface area contributed by atoms with Crippen molar-refractivity contribution in [2.45, 2.75) is 19.6 Å². The van der Waals surface area contributed by atoms with Crippen molar-refractivity contribution in [2.75, 3.05) is 19.8 Å². The van der Waals surface area contributed by atoms with Crippen LogP contribution < -0.4 is 0 Å². The summed E-state index contributed by atoms with van der Waals surface area (Å²) < 4.78 is 5.49. The van der Waals surface area contributed by atoms with Crippen LogP contribution in [0.5, 0.6) is 0 Å². The van der Waals surface area contributed by atoms with Crippen LogP contribution in [0.3, 0.4) is 0 Å². The van der Waals surface area contributed by atoms with Crippen molar-refractivity contribution < 1.29 is 14.6 Å². The second kappa shape index (κ2) is 4.87. The van der Waals surface area contributed by atoms with Crippen molar-refractivity contribution in [2.24, 2.45) is 5.92 Å². The Hall–Kier alpha value is 0.0969. The molecular weight excluding hydrogens is 160 g/mol. The summed E-state index contributed by atoms with van der Waals surface area (Å²) in [6.45, 7) is 6.72. The van der Waals surface area contributed by atoms with E-state index >= 15 is 0 Å². The highest BCUT2D eigenvalue weighted by molar-refractivity contribution is 6.69. The molecule has 0 rings (SSSR count). The third-order valence-corrected chi connectivity index (χ3v) is 2.30. The Morgan fingerprint density at radius 1 is 1.18 bits per heavy atom. The Morgan fingerprint density at radius 3 is 1.91 bits per heavy atom. The fourth-order valence-corrected chi connectivity index (χ4v) is 1.27. The lowest BCUT2D eigenvalue weighted by Gasteiger charge is -2.20. The van der Waals surface area contributed by atoms with Crippen LogP contribution in [0.1, 0.15) is 0 Å². The molecule has 0 aromatic rings. The predicted molar refractivity (Wildman–Crippen MR) is 47.0 cm³/mol. The van der Waals surface area contributed by atoms with E-state index in [1.54, 1.807) is 0 Å². The van der Waals surface area contributed by atoms with Crippen molar-refractivity contribution in [1.82, 2.24) is 0 Å². The largest absolute Gasteiger partial charge is 0.417 e. The molecule has 0 heterocycles. The van der Waals surface area contributed by atoms with E-state index in [1.807, 2.05) is 0 Å². The Kier molecular flexibility index (Phi) is 4.91. The van der Waals surface area contributed by atoms with Gasteiger partial charge < -0.3 is 14.6 Å². The SMILES string of the molecule is C[Si](C)(C)OCC(CO)CO. The van der Waals surface area contributed by atoms with Crippen LogP contribution in [-0.4, -0.2) is 38.4 Å². The molecule has 0 unspecified atom stereocenters. The molecule has 0 aromatic carbocycles. The highest BCUT2D eigenvalue weighted by atomic mass is 28.4. The van der Waals surface area contributed by atoms with Crippen LogP contribution in [0.15, 0.2) is 0 Å². The second-order valence-corrected chi connectivity index (χ2v) is 8.17. The number of hydrogen-bond donors (Lipinski definition) is 2. The number of aliphatic hydroxyl groups excluding tert-OH is 2. The van der Waals surface area contributed by atoms with E-state index in [9.17, 15) is 0 Å². The molecule has 0 aromatic heterocycles. The molecule has 0 saturated heterocycles. The van der Waals surface area contributed by atoms with Gasteiger partial charge in [0.1, 0.15) is 0 Å². The van der Waals surface area contributed by atoms with Crippen LogP contribution in [0.25, 0.3) is 0 Å². The fraction of sp³-hybridized carbons (Fsp3) is 1.00. The van der Waals surface area contributed by atoms with E-state index in [-0.39, 0.29) is 19.1 Å². The van der Waals surface area contributed by atoms with Gasteiger partial charge in [0, 0.05) is 12.5 Å². The first-order valence-electron chi connectivity index (χ1n) is 3.85. The molecule has 68 valence electrons. The minimum atomic E-state index is -1.47.